The molecule has 0 amide bonds. The van der Waals surface area contributed by atoms with Crippen LogP contribution < -0.4 is 0 Å². The first-order valence-electron chi connectivity index (χ1n) is 7.02. The molecule has 93 valence electrons. The molecule has 0 aromatic heterocycles. The minimum absolute atomic E-state index is 1.09. The number of hydrogen-bond donors (Lipinski definition) is 0. The normalized spacial score (nSPS) is 11.9. The average molecular weight is 221 g/mol. The van der Waals surface area contributed by atoms with Crippen molar-refractivity contribution in [1.82, 2.24) is 0 Å². The third-order valence-corrected chi connectivity index (χ3v) is 2.73. The van der Waals surface area contributed by atoms with Gasteiger partial charge in [-0.05, 0) is 25.7 Å². The van der Waals surface area contributed by atoms with E-state index in [1.54, 1.807) is 0 Å². The third kappa shape index (κ3) is 13.5. The molecule has 0 nitrogen and oxygen atoms in total. The summed E-state index contributed by atoms with van der Waals surface area (Å²) in [5.74, 6) is 0. The molecule has 0 fully saturated rings. The SMILES string of the molecule is [CH2]CCCCCC/C=C\C=C/CCCCC. The van der Waals surface area contributed by atoms with Crippen molar-refractivity contribution < 1.29 is 0 Å². The van der Waals surface area contributed by atoms with Gasteiger partial charge in [0.2, 0.25) is 0 Å². The van der Waals surface area contributed by atoms with Crippen LogP contribution in [0.3, 0.4) is 0 Å². The number of rotatable bonds is 11. The zero-order valence-corrected chi connectivity index (χ0v) is 11.1. The predicted molar refractivity (Wildman–Crippen MR) is 75.5 cm³/mol. The topological polar surface area (TPSA) is 0 Å². The summed E-state index contributed by atoms with van der Waals surface area (Å²) in [6.07, 6.45) is 21.9. The molecule has 0 rings (SSSR count). The molecule has 0 aromatic carbocycles. The Hall–Kier alpha value is -0.520. The van der Waals surface area contributed by atoms with Crippen LogP contribution in [0.4, 0.5) is 0 Å². The van der Waals surface area contributed by atoms with Crippen LogP contribution in [0.1, 0.15) is 71.1 Å². The van der Waals surface area contributed by atoms with Crippen LogP contribution in [0.25, 0.3) is 0 Å². The van der Waals surface area contributed by atoms with E-state index < -0.39 is 0 Å². The molecule has 0 aliphatic heterocycles. The molecule has 0 heteroatoms. The second kappa shape index (κ2) is 14.5. The molecule has 0 spiro atoms. The predicted octanol–water partition coefficient (Wildman–Crippen LogP) is 5.85. The van der Waals surface area contributed by atoms with Crippen LogP contribution in [0.2, 0.25) is 0 Å². The Morgan fingerprint density at radius 3 is 1.88 bits per heavy atom. The standard InChI is InChI=1S/C16H29/c1-3-5-7-9-11-13-15-16-14-12-10-8-6-4-2/h12,14-16H,1,3-11,13H2,2H3/b14-12-,16-15-. The number of hydrogen-bond acceptors (Lipinski definition) is 0. The van der Waals surface area contributed by atoms with Crippen LogP contribution in [-0.2, 0) is 0 Å². The maximum Gasteiger partial charge on any atom is -0.0348 e. The molecule has 1 radical (unpaired) electrons. The minimum atomic E-state index is 1.09. The van der Waals surface area contributed by atoms with E-state index in [1.807, 2.05) is 0 Å². The van der Waals surface area contributed by atoms with E-state index in [2.05, 4.69) is 38.2 Å². The fraction of sp³-hybridized carbons (Fsp3) is 0.688. The van der Waals surface area contributed by atoms with Crippen molar-refractivity contribution in [3.63, 3.8) is 0 Å². The lowest BCUT2D eigenvalue weighted by molar-refractivity contribution is 0.651. The highest BCUT2D eigenvalue weighted by Gasteiger charge is 1.85. The van der Waals surface area contributed by atoms with E-state index in [-0.39, 0.29) is 0 Å². The average Bonchev–Trinajstić information content (AvgIpc) is 2.31. The van der Waals surface area contributed by atoms with Gasteiger partial charge in [0.25, 0.3) is 0 Å². The summed E-state index contributed by atoms with van der Waals surface area (Å²) in [6.45, 7) is 6.10. The summed E-state index contributed by atoms with van der Waals surface area (Å²) in [7, 11) is 0. The second-order valence-corrected chi connectivity index (χ2v) is 4.41. The van der Waals surface area contributed by atoms with E-state index in [0.717, 1.165) is 6.42 Å². The lowest BCUT2D eigenvalue weighted by Crippen LogP contribution is -1.75. The van der Waals surface area contributed by atoms with Crippen molar-refractivity contribution in [2.45, 2.75) is 71.1 Å². The minimum Gasteiger partial charge on any atom is -0.0845 e. The largest absolute Gasteiger partial charge is 0.0845 e. The van der Waals surface area contributed by atoms with E-state index in [9.17, 15) is 0 Å². The number of allylic oxidation sites excluding steroid dienone is 4. The molecule has 0 saturated carbocycles. The van der Waals surface area contributed by atoms with Crippen molar-refractivity contribution in [2.75, 3.05) is 0 Å². The molecule has 0 bridgehead atoms. The van der Waals surface area contributed by atoms with Crippen LogP contribution in [0, 0.1) is 6.92 Å². The van der Waals surface area contributed by atoms with Gasteiger partial charge in [0.15, 0.2) is 0 Å². The fourth-order valence-electron chi connectivity index (χ4n) is 1.65. The van der Waals surface area contributed by atoms with Crippen LogP contribution >= 0.6 is 0 Å². The second-order valence-electron chi connectivity index (χ2n) is 4.41. The third-order valence-electron chi connectivity index (χ3n) is 2.73. The molecule has 0 heterocycles. The van der Waals surface area contributed by atoms with E-state index in [0.29, 0.717) is 0 Å². The zero-order valence-electron chi connectivity index (χ0n) is 11.1. The van der Waals surface area contributed by atoms with Gasteiger partial charge in [-0.15, -0.1) is 0 Å². The summed E-state index contributed by atoms with van der Waals surface area (Å²) >= 11 is 0. The quantitative estimate of drug-likeness (QED) is 0.303. The highest BCUT2D eigenvalue weighted by Crippen LogP contribution is 2.05. The number of unbranched alkanes of at least 4 members (excludes halogenated alkanes) is 8. The smallest absolute Gasteiger partial charge is 0.0348 e. The summed E-state index contributed by atoms with van der Waals surface area (Å²) in [4.78, 5) is 0. The highest BCUT2D eigenvalue weighted by atomic mass is 13.9. The van der Waals surface area contributed by atoms with Crippen molar-refractivity contribution in [3.05, 3.63) is 31.2 Å². The van der Waals surface area contributed by atoms with Gasteiger partial charge >= 0.3 is 0 Å². The zero-order chi connectivity index (χ0) is 11.9. The van der Waals surface area contributed by atoms with E-state index in [1.165, 1.54) is 57.8 Å². The molecule has 0 unspecified atom stereocenters. The maximum atomic E-state index is 3.85. The van der Waals surface area contributed by atoms with Gasteiger partial charge < -0.3 is 0 Å². The summed E-state index contributed by atoms with van der Waals surface area (Å²) in [5, 5.41) is 0. The van der Waals surface area contributed by atoms with Gasteiger partial charge in [0, 0.05) is 0 Å². The van der Waals surface area contributed by atoms with Gasteiger partial charge in [0.05, 0.1) is 0 Å². The van der Waals surface area contributed by atoms with Crippen molar-refractivity contribution in [2.24, 2.45) is 0 Å². The summed E-state index contributed by atoms with van der Waals surface area (Å²) < 4.78 is 0. The first kappa shape index (κ1) is 15.5. The Bertz CT molecular complexity index is 165. The lowest BCUT2D eigenvalue weighted by atomic mass is 10.1. The monoisotopic (exact) mass is 221 g/mol. The van der Waals surface area contributed by atoms with Crippen molar-refractivity contribution in [3.8, 4) is 0 Å². The fourth-order valence-corrected chi connectivity index (χ4v) is 1.65. The Labute approximate surface area is 103 Å². The molecule has 16 heavy (non-hydrogen) atoms. The first-order valence-corrected chi connectivity index (χ1v) is 7.02. The molecule has 0 aromatic rings. The van der Waals surface area contributed by atoms with Gasteiger partial charge in [0.1, 0.15) is 0 Å². The van der Waals surface area contributed by atoms with Crippen molar-refractivity contribution in [1.29, 1.82) is 0 Å². The Morgan fingerprint density at radius 2 is 1.31 bits per heavy atom. The van der Waals surface area contributed by atoms with Crippen molar-refractivity contribution >= 4 is 0 Å². The van der Waals surface area contributed by atoms with E-state index in [4.69, 9.17) is 0 Å². The molecule has 0 aliphatic carbocycles. The molecule has 0 aliphatic rings. The Balaban J connectivity index is 3.14. The van der Waals surface area contributed by atoms with Crippen LogP contribution in [-0.4, -0.2) is 0 Å². The van der Waals surface area contributed by atoms with Crippen LogP contribution in [0.15, 0.2) is 24.3 Å². The van der Waals surface area contributed by atoms with E-state index >= 15 is 0 Å². The van der Waals surface area contributed by atoms with Gasteiger partial charge in [-0.1, -0.05) is 76.7 Å². The Kier molecular flexibility index (Phi) is 14.0. The molecular formula is C16H29. The summed E-state index contributed by atoms with van der Waals surface area (Å²) in [5.41, 5.74) is 0. The Morgan fingerprint density at radius 1 is 0.750 bits per heavy atom. The first-order chi connectivity index (χ1) is 7.91. The lowest BCUT2D eigenvalue weighted by Gasteiger charge is -1.95. The molecular weight excluding hydrogens is 192 g/mol. The van der Waals surface area contributed by atoms with Gasteiger partial charge in [-0.2, -0.15) is 0 Å². The maximum absolute atomic E-state index is 3.85. The molecule has 0 atom stereocenters. The molecule has 0 saturated heterocycles. The molecule has 0 N–H and O–H groups in total. The van der Waals surface area contributed by atoms with Crippen LogP contribution in [0.5, 0.6) is 0 Å². The van der Waals surface area contributed by atoms with Gasteiger partial charge in [-0.25, -0.2) is 0 Å². The van der Waals surface area contributed by atoms with Gasteiger partial charge in [-0.3, -0.25) is 0 Å². The summed E-state index contributed by atoms with van der Waals surface area (Å²) in [6, 6.07) is 0. The highest BCUT2D eigenvalue weighted by molar-refractivity contribution is 5.02.